The minimum Gasteiger partial charge on any atom is -0.353 e. The average Bonchev–Trinajstić information content (AvgIpc) is 3.41. The lowest BCUT2D eigenvalue weighted by Crippen LogP contribution is -2.52. The van der Waals surface area contributed by atoms with Gasteiger partial charge in [0.2, 0.25) is 5.91 Å². The predicted octanol–water partition coefficient (Wildman–Crippen LogP) is 2.59. The number of hydrogen-bond donors (Lipinski definition) is 3. The van der Waals surface area contributed by atoms with Crippen LogP contribution in [0.5, 0.6) is 0 Å². The molecule has 0 saturated heterocycles. The SMILES string of the molecule is CC(C)C(NC(=O)c1ccc(C(C)(C)C)cc1)C(=O)NCC(N)C1CC1. The van der Waals surface area contributed by atoms with Gasteiger partial charge in [0, 0.05) is 18.2 Å². The molecule has 1 aliphatic carbocycles. The quantitative estimate of drug-likeness (QED) is 0.699. The highest BCUT2D eigenvalue weighted by atomic mass is 16.2. The molecule has 2 unspecified atom stereocenters. The highest BCUT2D eigenvalue weighted by Crippen LogP contribution is 2.31. The molecule has 0 spiro atoms. The number of rotatable bonds is 7. The summed E-state index contributed by atoms with van der Waals surface area (Å²) in [6, 6.07) is 6.99. The molecule has 2 amide bonds. The summed E-state index contributed by atoms with van der Waals surface area (Å²) in [5.41, 5.74) is 7.81. The Morgan fingerprint density at radius 2 is 1.73 bits per heavy atom. The second-order valence-electron chi connectivity index (χ2n) is 8.77. The number of carbonyl (C=O) groups is 2. The van der Waals surface area contributed by atoms with E-state index < -0.39 is 6.04 Å². The Morgan fingerprint density at radius 1 is 1.15 bits per heavy atom. The third-order valence-corrected chi connectivity index (χ3v) is 4.99. The van der Waals surface area contributed by atoms with Crippen molar-refractivity contribution in [2.75, 3.05) is 6.54 Å². The first-order valence-corrected chi connectivity index (χ1v) is 9.54. The Balaban J connectivity index is 1.97. The molecule has 0 radical (unpaired) electrons. The first kappa shape index (κ1) is 20.4. The van der Waals surface area contributed by atoms with Crippen LogP contribution in [0.3, 0.4) is 0 Å². The minimum absolute atomic E-state index is 0.00686. The van der Waals surface area contributed by atoms with Crippen LogP contribution in [0.4, 0.5) is 0 Å². The molecule has 1 saturated carbocycles. The van der Waals surface area contributed by atoms with Crippen molar-refractivity contribution in [3.63, 3.8) is 0 Å². The van der Waals surface area contributed by atoms with Crippen LogP contribution in [0.1, 0.15) is 63.4 Å². The van der Waals surface area contributed by atoms with E-state index in [1.54, 1.807) is 0 Å². The van der Waals surface area contributed by atoms with E-state index in [1.165, 1.54) is 5.56 Å². The van der Waals surface area contributed by atoms with E-state index in [0.717, 1.165) is 12.8 Å². The first-order chi connectivity index (χ1) is 12.1. The molecule has 0 heterocycles. The Morgan fingerprint density at radius 3 is 2.19 bits per heavy atom. The molecule has 2 rings (SSSR count). The molecule has 5 nitrogen and oxygen atoms in total. The van der Waals surface area contributed by atoms with Gasteiger partial charge in [0.15, 0.2) is 0 Å². The summed E-state index contributed by atoms with van der Waals surface area (Å²) in [5.74, 6) is 0.121. The Bertz CT molecular complexity index is 628. The number of nitrogens with one attached hydrogen (secondary N) is 2. The molecule has 1 aromatic rings. The van der Waals surface area contributed by atoms with Crippen LogP contribution in [0.2, 0.25) is 0 Å². The number of amides is 2. The number of hydrogen-bond acceptors (Lipinski definition) is 3. The third-order valence-electron chi connectivity index (χ3n) is 4.99. The van der Waals surface area contributed by atoms with Gasteiger partial charge in [0.05, 0.1) is 0 Å². The lowest BCUT2D eigenvalue weighted by atomic mass is 9.86. The van der Waals surface area contributed by atoms with Crippen molar-refractivity contribution >= 4 is 11.8 Å². The molecule has 0 aliphatic heterocycles. The summed E-state index contributed by atoms with van der Waals surface area (Å²) in [5, 5.41) is 5.76. The van der Waals surface area contributed by atoms with Crippen LogP contribution in [0.25, 0.3) is 0 Å². The van der Waals surface area contributed by atoms with Crippen molar-refractivity contribution in [2.24, 2.45) is 17.6 Å². The Hall–Kier alpha value is -1.88. The van der Waals surface area contributed by atoms with Gasteiger partial charge < -0.3 is 16.4 Å². The van der Waals surface area contributed by atoms with Crippen molar-refractivity contribution in [2.45, 2.75) is 65.0 Å². The highest BCUT2D eigenvalue weighted by Gasteiger charge is 2.30. The van der Waals surface area contributed by atoms with Crippen LogP contribution < -0.4 is 16.4 Å². The number of nitrogens with two attached hydrogens (primary N) is 1. The van der Waals surface area contributed by atoms with Crippen molar-refractivity contribution in [1.29, 1.82) is 0 Å². The van der Waals surface area contributed by atoms with E-state index in [2.05, 4.69) is 31.4 Å². The number of benzene rings is 1. The van der Waals surface area contributed by atoms with E-state index in [9.17, 15) is 9.59 Å². The molecule has 1 aromatic carbocycles. The molecule has 1 aliphatic rings. The standard InChI is InChI=1S/C21H33N3O2/c1-13(2)18(20(26)23-12-17(22)14-6-7-14)24-19(25)15-8-10-16(11-9-15)21(3,4)5/h8-11,13-14,17-18H,6-7,12,22H2,1-5H3,(H,23,26)(H,24,25). The van der Waals surface area contributed by atoms with Gasteiger partial charge in [-0.1, -0.05) is 46.8 Å². The first-order valence-electron chi connectivity index (χ1n) is 9.54. The van der Waals surface area contributed by atoms with Gasteiger partial charge in [-0.05, 0) is 47.8 Å². The maximum Gasteiger partial charge on any atom is 0.251 e. The van der Waals surface area contributed by atoms with Crippen LogP contribution >= 0.6 is 0 Å². The van der Waals surface area contributed by atoms with Crippen molar-refractivity contribution in [1.82, 2.24) is 10.6 Å². The zero-order valence-electron chi connectivity index (χ0n) is 16.6. The van der Waals surface area contributed by atoms with E-state index in [1.807, 2.05) is 38.1 Å². The summed E-state index contributed by atoms with van der Waals surface area (Å²) in [6.45, 7) is 10.7. The summed E-state index contributed by atoms with van der Waals surface area (Å²) in [4.78, 5) is 25.1. The second-order valence-corrected chi connectivity index (χ2v) is 8.77. The molecular formula is C21H33N3O2. The zero-order valence-corrected chi connectivity index (χ0v) is 16.6. The molecule has 1 fully saturated rings. The van der Waals surface area contributed by atoms with E-state index in [-0.39, 0.29) is 29.2 Å². The average molecular weight is 360 g/mol. The van der Waals surface area contributed by atoms with Gasteiger partial charge in [-0.25, -0.2) is 0 Å². The Labute approximate surface area is 157 Å². The van der Waals surface area contributed by atoms with Gasteiger partial charge in [-0.3, -0.25) is 9.59 Å². The van der Waals surface area contributed by atoms with Gasteiger partial charge >= 0.3 is 0 Å². The van der Waals surface area contributed by atoms with Gasteiger partial charge in [0.25, 0.3) is 5.91 Å². The van der Waals surface area contributed by atoms with Gasteiger partial charge in [-0.2, -0.15) is 0 Å². The van der Waals surface area contributed by atoms with Crippen LogP contribution in [0, 0.1) is 11.8 Å². The lowest BCUT2D eigenvalue weighted by Gasteiger charge is -2.23. The Kier molecular flexibility index (Phi) is 6.45. The molecular weight excluding hydrogens is 326 g/mol. The van der Waals surface area contributed by atoms with Crippen molar-refractivity contribution in [3.8, 4) is 0 Å². The minimum atomic E-state index is -0.573. The lowest BCUT2D eigenvalue weighted by molar-refractivity contribution is -0.124. The maximum atomic E-state index is 12.6. The van der Waals surface area contributed by atoms with E-state index in [0.29, 0.717) is 18.0 Å². The van der Waals surface area contributed by atoms with Gasteiger partial charge in [-0.15, -0.1) is 0 Å². The van der Waals surface area contributed by atoms with Crippen LogP contribution in [0.15, 0.2) is 24.3 Å². The highest BCUT2D eigenvalue weighted by molar-refractivity contribution is 5.97. The fraction of sp³-hybridized carbons (Fsp3) is 0.619. The topological polar surface area (TPSA) is 84.2 Å². The third kappa shape index (κ3) is 5.56. The van der Waals surface area contributed by atoms with Crippen LogP contribution in [-0.4, -0.2) is 30.4 Å². The van der Waals surface area contributed by atoms with Crippen molar-refractivity contribution in [3.05, 3.63) is 35.4 Å². The fourth-order valence-electron chi connectivity index (χ4n) is 2.90. The summed E-state index contributed by atoms with van der Waals surface area (Å²) < 4.78 is 0. The maximum absolute atomic E-state index is 12.6. The molecule has 26 heavy (non-hydrogen) atoms. The van der Waals surface area contributed by atoms with Crippen molar-refractivity contribution < 1.29 is 9.59 Å². The van der Waals surface area contributed by atoms with Gasteiger partial charge in [0.1, 0.15) is 6.04 Å². The van der Waals surface area contributed by atoms with Crippen LogP contribution in [-0.2, 0) is 10.2 Å². The molecule has 5 heteroatoms. The predicted molar refractivity (Wildman–Crippen MR) is 105 cm³/mol. The molecule has 144 valence electrons. The zero-order chi connectivity index (χ0) is 19.5. The normalized spacial score (nSPS) is 16.9. The molecule has 2 atom stereocenters. The van der Waals surface area contributed by atoms with E-state index >= 15 is 0 Å². The van der Waals surface area contributed by atoms with E-state index in [4.69, 9.17) is 5.73 Å². The monoisotopic (exact) mass is 359 g/mol. The summed E-state index contributed by atoms with van der Waals surface area (Å²) >= 11 is 0. The smallest absolute Gasteiger partial charge is 0.251 e. The molecule has 0 bridgehead atoms. The summed E-state index contributed by atoms with van der Waals surface area (Å²) in [7, 11) is 0. The summed E-state index contributed by atoms with van der Waals surface area (Å²) in [6.07, 6.45) is 2.29. The fourth-order valence-corrected chi connectivity index (χ4v) is 2.90. The second kappa shape index (κ2) is 8.21. The number of carbonyl (C=O) groups excluding carboxylic acids is 2. The largest absolute Gasteiger partial charge is 0.353 e. The molecule has 0 aromatic heterocycles. The molecule has 4 N–H and O–H groups in total.